The van der Waals surface area contributed by atoms with Crippen LogP contribution in [0.5, 0.6) is 0 Å². The Bertz CT molecular complexity index is 1150. The highest BCUT2D eigenvalue weighted by atomic mass is 32.2. The van der Waals surface area contributed by atoms with Crippen molar-refractivity contribution in [3.63, 3.8) is 0 Å². The second kappa shape index (κ2) is 9.18. The number of carbonyl (C=O) groups excluding carboxylic acids is 2. The summed E-state index contributed by atoms with van der Waals surface area (Å²) < 4.78 is 26.1. The van der Waals surface area contributed by atoms with Gasteiger partial charge in [0, 0.05) is 11.3 Å². The highest BCUT2D eigenvalue weighted by molar-refractivity contribution is 7.99. The Morgan fingerprint density at radius 2 is 1.80 bits per heavy atom. The number of carbonyl (C=O) groups is 2. The zero-order valence-corrected chi connectivity index (χ0v) is 16.1. The Hall–Kier alpha value is -3.73. The fourth-order valence-corrected chi connectivity index (χ4v) is 3.01. The van der Waals surface area contributed by atoms with E-state index in [0.717, 1.165) is 23.9 Å². The number of hydrogen-bond acceptors (Lipinski definition) is 6. The SMILES string of the molecule is Nc1nc(SCC(=O)Nc2cccc(F)c2)[nH]c(=O)c1NC(=O)c1ccc(F)cc1. The van der Waals surface area contributed by atoms with E-state index in [2.05, 4.69) is 20.6 Å². The molecule has 0 unspecified atom stereocenters. The van der Waals surface area contributed by atoms with Crippen LogP contribution in [0.4, 0.5) is 26.0 Å². The smallest absolute Gasteiger partial charge is 0.277 e. The van der Waals surface area contributed by atoms with Crippen molar-refractivity contribution in [3.05, 3.63) is 76.1 Å². The standard InChI is InChI=1S/C19H15F2N5O3S/c20-11-6-4-10(5-7-11)17(28)24-15-16(22)25-19(26-18(15)29)30-9-14(27)23-13-3-1-2-12(21)8-13/h1-8H,9H2,(H,23,27)(H,24,28)(H3,22,25,26,29). The first kappa shape index (κ1) is 21.0. The van der Waals surface area contributed by atoms with Gasteiger partial charge in [0.2, 0.25) is 5.91 Å². The lowest BCUT2D eigenvalue weighted by Gasteiger charge is -2.09. The second-order valence-corrected chi connectivity index (χ2v) is 6.90. The Labute approximate surface area is 172 Å². The highest BCUT2D eigenvalue weighted by Gasteiger charge is 2.15. The van der Waals surface area contributed by atoms with E-state index >= 15 is 0 Å². The number of nitrogens with one attached hydrogen (secondary N) is 3. The molecule has 154 valence electrons. The molecule has 2 aromatic carbocycles. The molecule has 3 aromatic rings. The van der Waals surface area contributed by atoms with Gasteiger partial charge in [-0.25, -0.2) is 13.8 Å². The minimum Gasteiger partial charge on any atom is -0.382 e. The van der Waals surface area contributed by atoms with E-state index in [1.165, 1.54) is 36.4 Å². The molecule has 0 aliphatic carbocycles. The van der Waals surface area contributed by atoms with Crippen LogP contribution in [0.1, 0.15) is 10.4 Å². The fraction of sp³-hybridized carbons (Fsp3) is 0.0526. The molecule has 0 radical (unpaired) electrons. The molecule has 1 aromatic heterocycles. The molecule has 0 spiro atoms. The van der Waals surface area contributed by atoms with E-state index in [1.807, 2.05) is 0 Å². The van der Waals surface area contributed by atoms with Crippen LogP contribution in [0.25, 0.3) is 0 Å². The van der Waals surface area contributed by atoms with Crippen molar-refractivity contribution in [2.45, 2.75) is 5.16 Å². The molecule has 11 heteroatoms. The number of H-pyrrole nitrogens is 1. The van der Waals surface area contributed by atoms with E-state index in [-0.39, 0.29) is 28.0 Å². The van der Waals surface area contributed by atoms with Crippen LogP contribution >= 0.6 is 11.8 Å². The number of aromatic nitrogens is 2. The van der Waals surface area contributed by atoms with Crippen LogP contribution in [-0.2, 0) is 4.79 Å². The summed E-state index contributed by atoms with van der Waals surface area (Å²) in [5.74, 6) is -2.47. The maximum Gasteiger partial charge on any atom is 0.277 e. The lowest BCUT2D eigenvalue weighted by atomic mass is 10.2. The Kier molecular flexibility index (Phi) is 6.42. The number of nitrogen functional groups attached to an aromatic ring is 1. The summed E-state index contributed by atoms with van der Waals surface area (Å²) >= 11 is 0.899. The van der Waals surface area contributed by atoms with Gasteiger partial charge in [0.1, 0.15) is 17.3 Å². The number of aromatic amines is 1. The number of halogens is 2. The topological polar surface area (TPSA) is 130 Å². The monoisotopic (exact) mass is 431 g/mol. The molecule has 0 bridgehead atoms. The molecule has 0 atom stereocenters. The average molecular weight is 431 g/mol. The summed E-state index contributed by atoms with van der Waals surface area (Å²) in [5.41, 5.74) is 5.19. The Morgan fingerprint density at radius 1 is 1.07 bits per heavy atom. The van der Waals surface area contributed by atoms with Crippen LogP contribution in [0, 0.1) is 11.6 Å². The lowest BCUT2D eigenvalue weighted by Crippen LogP contribution is -2.23. The summed E-state index contributed by atoms with van der Waals surface area (Å²) in [6.45, 7) is 0. The molecule has 0 saturated heterocycles. The van der Waals surface area contributed by atoms with Crippen molar-refractivity contribution in [1.82, 2.24) is 9.97 Å². The molecule has 0 saturated carbocycles. The molecule has 8 nitrogen and oxygen atoms in total. The maximum atomic E-state index is 13.1. The van der Waals surface area contributed by atoms with E-state index in [9.17, 15) is 23.2 Å². The van der Waals surface area contributed by atoms with Gasteiger partial charge in [-0.3, -0.25) is 19.4 Å². The van der Waals surface area contributed by atoms with Crippen molar-refractivity contribution < 1.29 is 18.4 Å². The second-order valence-electron chi connectivity index (χ2n) is 5.94. The first-order chi connectivity index (χ1) is 14.3. The minimum atomic E-state index is -0.717. The van der Waals surface area contributed by atoms with E-state index in [4.69, 9.17) is 5.73 Å². The Balaban J connectivity index is 1.64. The number of thioether (sulfide) groups is 1. The molecule has 2 amide bonds. The number of amides is 2. The van der Waals surface area contributed by atoms with Gasteiger partial charge in [-0.15, -0.1) is 0 Å². The van der Waals surface area contributed by atoms with Crippen LogP contribution in [0.2, 0.25) is 0 Å². The van der Waals surface area contributed by atoms with Gasteiger partial charge in [0.05, 0.1) is 5.75 Å². The van der Waals surface area contributed by atoms with Crippen molar-refractivity contribution >= 4 is 40.8 Å². The van der Waals surface area contributed by atoms with Crippen LogP contribution in [0.3, 0.4) is 0 Å². The highest BCUT2D eigenvalue weighted by Crippen LogP contribution is 2.18. The summed E-state index contributed by atoms with van der Waals surface area (Å²) in [6.07, 6.45) is 0. The normalized spacial score (nSPS) is 10.5. The minimum absolute atomic E-state index is 0.0617. The predicted molar refractivity (Wildman–Crippen MR) is 109 cm³/mol. The molecular weight excluding hydrogens is 416 g/mol. The number of rotatable bonds is 6. The number of nitrogens with zero attached hydrogens (tertiary/aromatic N) is 1. The summed E-state index contributed by atoms with van der Waals surface area (Å²) in [6, 6.07) is 10.1. The third-order valence-electron chi connectivity index (χ3n) is 3.72. The molecule has 0 aliphatic heterocycles. The number of nitrogens with two attached hydrogens (primary N) is 1. The van der Waals surface area contributed by atoms with Gasteiger partial charge < -0.3 is 16.4 Å². The third-order valence-corrected chi connectivity index (χ3v) is 4.59. The van der Waals surface area contributed by atoms with E-state index < -0.39 is 29.0 Å². The van der Waals surface area contributed by atoms with Gasteiger partial charge in [-0.2, -0.15) is 0 Å². The first-order valence-corrected chi connectivity index (χ1v) is 9.45. The van der Waals surface area contributed by atoms with Crippen LogP contribution in [0.15, 0.2) is 58.5 Å². The molecule has 30 heavy (non-hydrogen) atoms. The number of hydrogen-bond donors (Lipinski definition) is 4. The molecular formula is C19H15F2N5O3S. The van der Waals surface area contributed by atoms with Gasteiger partial charge in [0.25, 0.3) is 11.5 Å². The van der Waals surface area contributed by atoms with Gasteiger partial charge in [-0.1, -0.05) is 17.8 Å². The van der Waals surface area contributed by atoms with Crippen LogP contribution < -0.4 is 21.9 Å². The first-order valence-electron chi connectivity index (χ1n) is 8.47. The van der Waals surface area contributed by atoms with Gasteiger partial charge >= 0.3 is 0 Å². The Morgan fingerprint density at radius 3 is 2.47 bits per heavy atom. The third kappa shape index (κ3) is 5.41. The van der Waals surface area contributed by atoms with Crippen LogP contribution in [-0.4, -0.2) is 27.5 Å². The summed E-state index contributed by atoms with van der Waals surface area (Å²) in [5, 5.41) is 4.90. The van der Waals surface area contributed by atoms with Crippen molar-refractivity contribution in [1.29, 1.82) is 0 Å². The fourth-order valence-electron chi connectivity index (χ4n) is 2.34. The lowest BCUT2D eigenvalue weighted by molar-refractivity contribution is -0.113. The molecule has 0 fully saturated rings. The molecule has 0 aliphatic rings. The van der Waals surface area contributed by atoms with Crippen molar-refractivity contribution in [3.8, 4) is 0 Å². The molecule has 1 heterocycles. The predicted octanol–water partition coefficient (Wildman–Crippen LogP) is 2.61. The number of anilines is 3. The summed E-state index contributed by atoms with van der Waals surface area (Å²) in [4.78, 5) is 42.8. The van der Waals surface area contributed by atoms with Gasteiger partial charge in [0.15, 0.2) is 11.0 Å². The van der Waals surface area contributed by atoms with E-state index in [0.29, 0.717) is 5.69 Å². The molecule has 3 rings (SSSR count). The number of benzene rings is 2. The largest absolute Gasteiger partial charge is 0.382 e. The average Bonchev–Trinajstić information content (AvgIpc) is 2.69. The van der Waals surface area contributed by atoms with E-state index in [1.54, 1.807) is 0 Å². The maximum absolute atomic E-state index is 13.1. The van der Waals surface area contributed by atoms with Crippen molar-refractivity contribution in [2.75, 3.05) is 22.1 Å². The zero-order chi connectivity index (χ0) is 21.7. The molecule has 5 N–H and O–H groups in total. The van der Waals surface area contributed by atoms with Crippen molar-refractivity contribution in [2.24, 2.45) is 0 Å². The van der Waals surface area contributed by atoms with Gasteiger partial charge in [-0.05, 0) is 42.5 Å². The summed E-state index contributed by atoms with van der Waals surface area (Å²) in [7, 11) is 0. The quantitative estimate of drug-likeness (QED) is 0.351. The zero-order valence-electron chi connectivity index (χ0n) is 15.2.